The molecule has 0 radical (unpaired) electrons. The van der Waals surface area contributed by atoms with Crippen LogP contribution < -0.4 is 0 Å². The van der Waals surface area contributed by atoms with Gasteiger partial charge < -0.3 is 10.0 Å². The highest BCUT2D eigenvalue weighted by molar-refractivity contribution is 5.93. The first-order valence-corrected chi connectivity index (χ1v) is 8.19. The smallest absolute Gasteiger partial charge is 0.272 e. The normalized spacial score (nSPS) is 16.1. The van der Waals surface area contributed by atoms with E-state index in [0.717, 1.165) is 25.0 Å². The summed E-state index contributed by atoms with van der Waals surface area (Å²) in [5.41, 5.74) is 1.61. The lowest BCUT2D eigenvalue weighted by Crippen LogP contribution is -2.43. The summed E-state index contributed by atoms with van der Waals surface area (Å²) in [4.78, 5) is 14.8. The number of hydrogen-bond acceptors (Lipinski definition) is 3. The van der Waals surface area contributed by atoms with Gasteiger partial charge >= 0.3 is 0 Å². The summed E-state index contributed by atoms with van der Waals surface area (Å²) in [6, 6.07) is 2.17. The molecule has 1 aromatic rings. The zero-order valence-electron chi connectivity index (χ0n) is 13.2. The summed E-state index contributed by atoms with van der Waals surface area (Å²) in [6.07, 6.45) is 6.53. The Bertz CT molecular complexity index is 464. The number of carbonyl (C=O) groups is 1. The maximum absolute atomic E-state index is 12.9. The molecule has 118 valence electrons. The maximum atomic E-state index is 12.9. The van der Waals surface area contributed by atoms with Crippen LogP contribution in [0.1, 0.15) is 62.1 Å². The molecule has 1 amide bonds. The summed E-state index contributed by atoms with van der Waals surface area (Å²) in [5.74, 6) is 0.0185. The number of nitrogens with zero attached hydrogens (tertiary/aromatic N) is 3. The fraction of sp³-hybridized carbons (Fsp3) is 0.750. The highest BCUT2D eigenvalue weighted by atomic mass is 16.3. The van der Waals surface area contributed by atoms with Gasteiger partial charge in [0.2, 0.25) is 0 Å². The molecule has 2 rings (SSSR count). The van der Waals surface area contributed by atoms with E-state index in [1.807, 2.05) is 24.8 Å². The molecule has 21 heavy (non-hydrogen) atoms. The van der Waals surface area contributed by atoms with Crippen molar-refractivity contribution in [2.75, 3.05) is 13.2 Å². The summed E-state index contributed by atoms with van der Waals surface area (Å²) in [6.45, 7) is 5.17. The third-order valence-corrected chi connectivity index (χ3v) is 4.33. The van der Waals surface area contributed by atoms with Crippen molar-refractivity contribution in [2.45, 2.75) is 65.0 Å². The van der Waals surface area contributed by atoms with Crippen LogP contribution in [-0.2, 0) is 13.0 Å². The third-order valence-electron chi connectivity index (χ3n) is 4.33. The average Bonchev–Trinajstić information content (AvgIpc) is 2.96. The van der Waals surface area contributed by atoms with Crippen molar-refractivity contribution in [1.29, 1.82) is 0 Å². The Balaban J connectivity index is 2.22. The van der Waals surface area contributed by atoms with Crippen molar-refractivity contribution in [3.05, 3.63) is 17.5 Å². The number of carbonyl (C=O) groups excluding carboxylic acids is 1. The van der Waals surface area contributed by atoms with Gasteiger partial charge in [-0.1, -0.05) is 26.2 Å². The van der Waals surface area contributed by atoms with Crippen LogP contribution in [0.4, 0.5) is 0 Å². The topological polar surface area (TPSA) is 58.4 Å². The van der Waals surface area contributed by atoms with Gasteiger partial charge in [-0.05, 0) is 32.3 Å². The second-order valence-electron chi connectivity index (χ2n) is 5.70. The molecule has 0 aromatic carbocycles. The molecule has 1 fully saturated rings. The van der Waals surface area contributed by atoms with Crippen molar-refractivity contribution in [3.8, 4) is 0 Å². The highest BCUT2D eigenvalue weighted by Gasteiger charge is 2.28. The number of rotatable bonds is 6. The fourth-order valence-corrected chi connectivity index (χ4v) is 3.15. The van der Waals surface area contributed by atoms with Gasteiger partial charge in [-0.3, -0.25) is 9.48 Å². The van der Waals surface area contributed by atoms with Crippen LogP contribution in [-0.4, -0.2) is 44.9 Å². The van der Waals surface area contributed by atoms with Crippen LogP contribution in [0.15, 0.2) is 6.07 Å². The number of aliphatic hydroxyl groups excluding tert-OH is 1. The molecule has 5 heteroatoms. The number of aliphatic hydroxyl groups is 1. The SMILES string of the molecule is CCc1cc(C(=O)N(CCO)C2CCCCC2)n(CC)n1. The maximum Gasteiger partial charge on any atom is 0.272 e. The second kappa shape index (κ2) is 7.59. The molecule has 1 aliphatic rings. The van der Waals surface area contributed by atoms with Gasteiger partial charge in [0.15, 0.2) is 0 Å². The summed E-state index contributed by atoms with van der Waals surface area (Å²) < 4.78 is 1.79. The first kappa shape index (κ1) is 16.0. The number of amides is 1. The zero-order chi connectivity index (χ0) is 15.2. The lowest BCUT2D eigenvalue weighted by molar-refractivity contribution is 0.0573. The number of aryl methyl sites for hydroxylation is 2. The molecule has 1 aliphatic carbocycles. The van der Waals surface area contributed by atoms with Crippen molar-refractivity contribution < 1.29 is 9.90 Å². The van der Waals surface area contributed by atoms with E-state index in [0.29, 0.717) is 18.8 Å². The predicted octanol–water partition coefficient (Wildman–Crippen LogP) is 2.23. The monoisotopic (exact) mass is 293 g/mol. The molecular weight excluding hydrogens is 266 g/mol. The molecule has 0 atom stereocenters. The van der Waals surface area contributed by atoms with Gasteiger partial charge in [0.1, 0.15) is 5.69 Å². The van der Waals surface area contributed by atoms with E-state index in [2.05, 4.69) is 5.10 Å². The average molecular weight is 293 g/mol. The molecule has 0 aliphatic heterocycles. The highest BCUT2D eigenvalue weighted by Crippen LogP contribution is 2.24. The quantitative estimate of drug-likeness (QED) is 0.875. The van der Waals surface area contributed by atoms with E-state index in [-0.39, 0.29) is 18.6 Å². The van der Waals surface area contributed by atoms with Crippen molar-refractivity contribution in [2.24, 2.45) is 0 Å². The van der Waals surface area contributed by atoms with Crippen molar-refractivity contribution >= 4 is 5.91 Å². The largest absolute Gasteiger partial charge is 0.395 e. The first-order chi connectivity index (χ1) is 10.2. The number of aromatic nitrogens is 2. The first-order valence-electron chi connectivity index (χ1n) is 8.19. The Labute approximate surface area is 126 Å². The Kier molecular flexibility index (Phi) is 5.79. The predicted molar refractivity (Wildman–Crippen MR) is 82.3 cm³/mol. The minimum atomic E-state index is 0.0170. The van der Waals surface area contributed by atoms with Gasteiger partial charge in [-0.2, -0.15) is 5.10 Å². The van der Waals surface area contributed by atoms with Crippen LogP contribution in [0.3, 0.4) is 0 Å². The van der Waals surface area contributed by atoms with E-state index in [1.54, 1.807) is 4.68 Å². The molecule has 1 saturated carbocycles. The minimum Gasteiger partial charge on any atom is -0.395 e. The molecule has 0 spiro atoms. The summed E-state index contributed by atoms with van der Waals surface area (Å²) in [5, 5.41) is 13.8. The molecule has 5 nitrogen and oxygen atoms in total. The Hall–Kier alpha value is -1.36. The molecule has 0 unspecified atom stereocenters. The van der Waals surface area contributed by atoms with Crippen LogP contribution >= 0.6 is 0 Å². The molecule has 1 aromatic heterocycles. The van der Waals surface area contributed by atoms with Gasteiger partial charge in [-0.25, -0.2) is 0 Å². The molecular formula is C16H27N3O2. The van der Waals surface area contributed by atoms with Crippen LogP contribution in [0, 0.1) is 0 Å². The lowest BCUT2D eigenvalue weighted by Gasteiger charge is -2.34. The van der Waals surface area contributed by atoms with E-state index in [1.165, 1.54) is 19.3 Å². The Morgan fingerprint density at radius 2 is 2.10 bits per heavy atom. The minimum absolute atomic E-state index is 0.0170. The second-order valence-corrected chi connectivity index (χ2v) is 5.70. The van der Waals surface area contributed by atoms with Crippen molar-refractivity contribution in [3.63, 3.8) is 0 Å². The summed E-state index contributed by atoms with van der Waals surface area (Å²) >= 11 is 0. The molecule has 1 N–H and O–H groups in total. The van der Waals surface area contributed by atoms with Gasteiger partial charge in [0.05, 0.1) is 12.3 Å². The molecule has 0 bridgehead atoms. The van der Waals surface area contributed by atoms with E-state index in [9.17, 15) is 9.90 Å². The number of hydrogen-bond donors (Lipinski definition) is 1. The van der Waals surface area contributed by atoms with Crippen LogP contribution in [0.25, 0.3) is 0 Å². The zero-order valence-corrected chi connectivity index (χ0v) is 13.2. The van der Waals surface area contributed by atoms with E-state index >= 15 is 0 Å². The van der Waals surface area contributed by atoms with Gasteiger partial charge in [-0.15, -0.1) is 0 Å². The van der Waals surface area contributed by atoms with Crippen molar-refractivity contribution in [1.82, 2.24) is 14.7 Å². The van der Waals surface area contributed by atoms with E-state index in [4.69, 9.17) is 0 Å². The fourth-order valence-electron chi connectivity index (χ4n) is 3.15. The van der Waals surface area contributed by atoms with Gasteiger partial charge in [0, 0.05) is 19.1 Å². The van der Waals surface area contributed by atoms with E-state index < -0.39 is 0 Å². The lowest BCUT2D eigenvalue weighted by atomic mass is 9.94. The molecule has 0 saturated heterocycles. The Morgan fingerprint density at radius 1 is 1.38 bits per heavy atom. The molecule has 1 heterocycles. The van der Waals surface area contributed by atoms with Crippen LogP contribution in [0.2, 0.25) is 0 Å². The standard InChI is InChI=1S/C16H27N3O2/c1-3-13-12-15(19(4-2)17-13)16(21)18(10-11-20)14-8-6-5-7-9-14/h12,14,20H,3-11H2,1-2H3. The van der Waals surface area contributed by atoms with Gasteiger partial charge in [0.25, 0.3) is 5.91 Å². The Morgan fingerprint density at radius 3 is 2.67 bits per heavy atom. The van der Waals surface area contributed by atoms with Crippen LogP contribution in [0.5, 0.6) is 0 Å². The summed E-state index contributed by atoms with van der Waals surface area (Å²) in [7, 11) is 0. The third kappa shape index (κ3) is 3.64.